The Hall–Kier alpha value is -1.92. The SMILES string of the molecule is Cc1nc(COc2ccc(C[C@@H](C)C(C)C)cc2OCc2csc(C)n2)cs1. The molecule has 0 N–H and O–H groups in total. The van der Waals surface area contributed by atoms with Crippen LogP contribution in [0.1, 0.15) is 47.7 Å². The number of nitrogens with zero attached hydrogens (tertiary/aromatic N) is 2. The summed E-state index contributed by atoms with van der Waals surface area (Å²) in [4.78, 5) is 8.96. The molecule has 3 aromatic rings. The van der Waals surface area contributed by atoms with Gasteiger partial charge in [-0.1, -0.05) is 26.8 Å². The molecule has 0 saturated carbocycles. The van der Waals surface area contributed by atoms with E-state index >= 15 is 0 Å². The predicted molar refractivity (Wildman–Crippen MR) is 117 cm³/mol. The third-order valence-electron chi connectivity index (χ3n) is 4.79. The van der Waals surface area contributed by atoms with E-state index in [9.17, 15) is 0 Å². The lowest BCUT2D eigenvalue weighted by Gasteiger charge is -2.17. The molecule has 1 aromatic carbocycles. The molecule has 150 valence electrons. The van der Waals surface area contributed by atoms with Crippen LogP contribution in [0.2, 0.25) is 0 Å². The third kappa shape index (κ3) is 5.79. The molecule has 0 amide bonds. The van der Waals surface area contributed by atoms with E-state index in [1.54, 1.807) is 22.7 Å². The summed E-state index contributed by atoms with van der Waals surface area (Å²) < 4.78 is 12.2. The Labute approximate surface area is 175 Å². The summed E-state index contributed by atoms with van der Waals surface area (Å²) in [5.74, 6) is 2.77. The van der Waals surface area contributed by atoms with Gasteiger partial charge in [0.1, 0.15) is 13.2 Å². The van der Waals surface area contributed by atoms with Crippen molar-refractivity contribution in [3.63, 3.8) is 0 Å². The highest BCUT2D eigenvalue weighted by Gasteiger charge is 2.13. The van der Waals surface area contributed by atoms with Crippen molar-refractivity contribution >= 4 is 22.7 Å². The van der Waals surface area contributed by atoms with Gasteiger partial charge in [0, 0.05) is 10.8 Å². The molecule has 0 aliphatic heterocycles. The number of hydrogen-bond acceptors (Lipinski definition) is 6. The third-order valence-corrected chi connectivity index (χ3v) is 6.43. The number of hydrogen-bond donors (Lipinski definition) is 0. The van der Waals surface area contributed by atoms with E-state index in [2.05, 4.69) is 42.9 Å². The summed E-state index contributed by atoms with van der Waals surface area (Å²) in [6, 6.07) is 6.27. The maximum Gasteiger partial charge on any atom is 0.162 e. The Morgan fingerprint density at radius 3 is 1.93 bits per heavy atom. The van der Waals surface area contributed by atoms with Crippen LogP contribution in [0, 0.1) is 25.7 Å². The van der Waals surface area contributed by atoms with Gasteiger partial charge in [-0.2, -0.15) is 0 Å². The van der Waals surface area contributed by atoms with E-state index in [-0.39, 0.29) is 0 Å². The van der Waals surface area contributed by atoms with E-state index in [4.69, 9.17) is 9.47 Å². The predicted octanol–water partition coefficient (Wildman–Crippen LogP) is 6.21. The maximum atomic E-state index is 6.11. The van der Waals surface area contributed by atoms with Gasteiger partial charge in [-0.15, -0.1) is 22.7 Å². The van der Waals surface area contributed by atoms with Crippen LogP contribution in [0.15, 0.2) is 29.0 Å². The van der Waals surface area contributed by atoms with Gasteiger partial charge in [0.15, 0.2) is 11.5 Å². The largest absolute Gasteiger partial charge is 0.483 e. The molecular weight excluding hydrogens is 388 g/mol. The van der Waals surface area contributed by atoms with Gasteiger partial charge in [-0.3, -0.25) is 0 Å². The Bertz CT molecular complexity index is 902. The smallest absolute Gasteiger partial charge is 0.162 e. The van der Waals surface area contributed by atoms with Crippen LogP contribution in [0.5, 0.6) is 11.5 Å². The molecule has 0 bridgehead atoms. The molecule has 2 heterocycles. The number of thiazole rings is 2. The fourth-order valence-electron chi connectivity index (χ4n) is 2.77. The molecule has 1 atom stereocenters. The van der Waals surface area contributed by atoms with Crippen LogP contribution in [-0.4, -0.2) is 9.97 Å². The minimum atomic E-state index is 0.443. The van der Waals surface area contributed by atoms with E-state index in [0.717, 1.165) is 39.3 Å². The second-order valence-electron chi connectivity index (χ2n) is 7.50. The normalized spacial score (nSPS) is 12.4. The van der Waals surface area contributed by atoms with Crippen molar-refractivity contribution < 1.29 is 9.47 Å². The second-order valence-corrected chi connectivity index (χ2v) is 9.62. The zero-order valence-corrected chi connectivity index (χ0v) is 18.8. The van der Waals surface area contributed by atoms with Crippen molar-refractivity contribution in [2.45, 2.75) is 54.3 Å². The van der Waals surface area contributed by atoms with Gasteiger partial charge in [-0.25, -0.2) is 9.97 Å². The van der Waals surface area contributed by atoms with Crippen molar-refractivity contribution in [3.05, 3.63) is 55.9 Å². The molecule has 0 unspecified atom stereocenters. The van der Waals surface area contributed by atoms with Crippen LogP contribution in [-0.2, 0) is 19.6 Å². The fourth-order valence-corrected chi connectivity index (χ4v) is 3.97. The lowest BCUT2D eigenvalue weighted by Crippen LogP contribution is -2.08. The Kier molecular flexibility index (Phi) is 7.08. The van der Waals surface area contributed by atoms with Gasteiger partial charge >= 0.3 is 0 Å². The summed E-state index contributed by atoms with van der Waals surface area (Å²) in [5.41, 5.74) is 3.16. The average Bonchev–Trinajstić information content (AvgIpc) is 3.26. The van der Waals surface area contributed by atoms with Crippen molar-refractivity contribution in [2.75, 3.05) is 0 Å². The van der Waals surface area contributed by atoms with Crippen molar-refractivity contribution in [2.24, 2.45) is 11.8 Å². The summed E-state index contributed by atoms with van der Waals surface area (Å²) in [5, 5.41) is 6.17. The van der Waals surface area contributed by atoms with E-state index in [1.165, 1.54) is 5.56 Å². The molecule has 0 spiro atoms. The zero-order valence-electron chi connectivity index (χ0n) is 17.2. The molecule has 0 aliphatic carbocycles. The molecular formula is C22H28N2O2S2. The number of rotatable bonds is 9. The van der Waals surface area contributed by atoms with Crippen molar-refractivity contribution in [1.82, 2.24) is 9.97 Å². The fraction of sp³-hybridized carbons (Fsp3) is 0.455. The molecule has 0 fully saturated rings. The number of aryl methyl sites for hydroxylation is 2. The lowest BCUT2D eigenvalue weighted by atomic mass is 9.91. The van der Waals surface area contributed by atoms with E-state index in [1.807, 2.05) is 30.7 Å². The zero-order chi connectivity index (χ0) is 20.1. The highest BCUT2D eigenvalue weighted by atomic mass is 32.1. The van der Waals surface area contributed by atoms with Crippen LogP contribution < -0.4 is 9.47 Å². The maximum absolute atomic E-state index is 6.11. The number of benzene rings is 1. The first-order chi connectivity index (χ1) is 13.4. The van der Waals surface area contributed by atoms with Gasteiger partial charge in [-0.05, 0) is 49.8 Å². The highest BCUT2D eigenvalue weighted by molar-refractivity contribution is 7.09. The Morgan fingerprint density at radius 2 is 1.43 bits per heavy atom. The first-order valence-corrected chi connectivity index (χ1v) is 11.4. The van der Waals surface area contributed by atoms with Gasteiger partial charge < -0.3 is 9.47 Å². The van der Waals surface area contributed by atoms with Crippen LogP contribution in [0.25, 0.3) is 0 Å². The molecule has 0 radical (unpaired) electrons. The van der Waals surface area contributed by atoms with Gasteiger partial charge in [0.05, 0.1) is 21.4 Å². The molecule has 4 nitrogen and oxygen atoms in total. The van der Waals surface area contributed by atoms with Crippen molar-refractivity contribution in [1.29, 1.82) is 0 Å². The number of aromatic nitrogens is 2. The topological polar surface area (TPSA) is 44.2 Å². The Balaban J connectivity index is 1.75. The lowest BCUT2D eigenvalue weighted by molar-refractivity contribution is 0.252. The summed E-state index contributed by atoms with van der Waals surface area (Å²) in [6.45, 7) is 11.7. The number of ether oxygens (including phenoxy) is 2. The van der Waals surface area contributed by atoms with E-state index in [0.29, 0.717) is 25.0 Å². The molecule has 3 rings (SSSR count). The monoisotopic (exact) mass is 416 g/mol. The molecule has 28 heavy (non-hydrogen) atoms. The van der Waals surface area contributed by atoms with E-state index < -0.39 is 0 Å². The summed E-state index contributed by atoms with van der Waals surface area (Å²) >= 11 is 3.27. The van der Waals surface area contributed by atoms with Crippen LogP contribution in [0.3, 0.4) is 0 Å². The van der Waals surface area contributed by atoms with Gasteiger partial charge in [0.2, 0.25) is 0 Å². The van der Waals surface area contributed by atoms with Crippen LogP contribution in [0.4, 0.5) is 0 Å². The molecule has 6 heteroatoms. The Morgan fingerprint density at radius 1 is 0.857 bits per heavy atom. The molecule has 0 saturated heterocycles. The standard InChI is InChI=1S/C22H28N2O2S2/c1-14(2)15(3)8-18-6-7-21(25-10-19-12-27-16(4)23-19)22(9-18)26-11-20-13-28-17(5)24-20/h6-7,9,12-15H,8,10-11H2,1-5H3/t15-/m1/s1. The molecule has 2 aromatic heterocycles. The average molecular weight is 417 g/mol. The quantitative estimate of drug-likeness (QED) is 0.416. The van der Waals surface area contributed by atoms with Gasteiger partial charge in [0.25, 0.3) is 0 Å². The summed E-state index contributed by atoms with van der Waals surface area (Å²) in [6.07, 6.45) is 1.02. The highest BCUT2D eigenvalue weighted by Crippen LogP contribution is 2.31. The first-order valence-electron chi connectivity index (χ1n) is 9.61. The van der Waals surface area contributed by atoms with Crippen molar-refractivity contribution in [3.8, 4) is 11.5 Å². The summed E-state index contributed by atoms with van der Waals surface area (Å²) in [7, 11) is 0. The first kappa shape index (κ1) is 20.8. The van der Waals surface area contributed by atoms with Crippen LogP contribution >= 0.6 is 22.7 Å². The molecule has 0 aliphatic rings. The minimum absolute atomic E-state index is 0.443. The minimum Gasteiger partial charge on any atom is -0.483 e. The second kappa shape index (κ2) is 9.52.